The van der Waals surface area contributed by atoms with E-state index in [0.29, 0.717) is 11.0 Å². The minimum absolute atomic E-state index is 0.421. The van der Waals surface area contributed by atoms with Gasteiger partial charge in [-0.05, 0) is 0 Å². The summed E-state index contributed by atoms with van der Waals surface area (Å²) in [5.74, 6) is -11.2. The van der Waals surface area contributed by atoms with Crippen LogP contribution in [-0.4, -0.2) is 39.9 Å². The van der Waals surface area contributed by atoms with E-state index in [0.717, 1.165) is 0 Å². The van der Waals surface area contributed by atoms with Crippen molar-refractivity contribution < 1.29 is 37.2 Å². The molecular weight excluding hydrogens is 342 g/mol. The molecule has 0 radical (unpaired) electrons. The molecule has 0 atom stereocenters. The molecule has 1 aliphatic heterocycles. The summed E-state index contributed by atoms with van der Waals surface area (Å²) in [5, 5.41) is 21.3. The van der Waals surface area contributed by atoms with Crippen molar-refractivity contribution in [1.29, 1.82) is 0 Å². The Kier molecular flexibility index (Phi) is 4.50. The fourth-order valence-electron chi connectivity index (χ4n) is 1.95. The van der Waals surface area contributed by atoms with E-state index in [1.807, 2.05) is 0 Å². The second-order valence-electron chi connectivity index (χ2n) is 4.44. The van der Waals surface area contributed by atoms with Gasteiger partial charge in [-0.2, -0.15) is 4.39 Å². The predicted molar refractivity (Wildman–Crippen MR) is 68.4 cm³/mol. The number of aliphatic hydroxyl groups is 1. The lowest BCUT2D eigenvalue weighted by Gasteiger charge is -2.14. The summed E-state index contributed by atoms with van der Waals surface area (Å²) in [4.78, 5) is 33.1. The summed E-state index contributed by atoms with van der Waals surface area (Å²) in [5.41, 5.74) is -3.95. The van der Waals surface area contributed by atoms with Crippen LogP contribution in [0, 0.1) is 33.4 Å². The number of nitro benzene ring substituents is 1. The molecule has 1 aromatic rings. The van der Waals surface area contributed by atoms with Crippen LogP contribution in [0.15, 0.2) is 11.8 Å². The quantitative estimate of drug-likeness (QED) is 0.203. The normalized spacial score (nSPS) is 14.2. The van der Waals surface area contributed by atoms with Gasteiger partial charge in [-0.1, -0.05) is 0 Å². The highest BCUT2D eigenvalue weighted by Gasteiger charge is 2.37. The molecule has 2 N–H and O–H groups in total. The molecule has 0 aromatic heterocycles. The van der Waals surface area contributed by atoms with Crippen molar-refractivity contribution in [1.82, 2.24) is 4.90 Å². The average molecular weight is 349 g/mol. The molecule has 2 amide bonds. The summed E-state index contributed by atoms with van der Waals surface area (Å²) in [7, 11) is 0. The Hall–Kier alpha value is -3.02. The van der Waals surface area contributed by atoms with E-state index in [4.69, 9.17) is 5.11 Å². The smallest absolute Gasteiger partial charge is 0.334 e. The first-order valence-corrected chi connectivity index (χ1v) is 6.16. The van der Waals surface area contributed by atoms with Crippen molar-refractivity contribution in [3.63, 3.8) is 0 Å². The van der Waals surface area contributed by atoms with Crippen LogP contribution in [0.1, 0.15) is 0 Å². The van der Waals surface area contributed by atoms with Crippen LogP contribution in [0.2, 0.25) is 0 Å². The SMILES string of the molecule is O=C1C=C(Nc2c(F)c(F)c(F)c(F)c2[N+](=O)[O-])C(=O)N1CCO. The molecule has 8 nitrogen and oxygen atoms in total. The van der Waals surface area contributed by atoms with Gasteiger partial charge in [-0.15, -0.1) is 0 Å². The Balaban J connectivity index is 2.52. The second kappa shape index (κ2) is 6.23. The van der Waals surface area contributed by atoms with Crippen LogP contribution in [0.3, 0.4) is 0 Å². The van der Waals surface area contributed by atoms with E-state index in [1.165, 1.54) is 0 Å². The Morgan fingerprint density at radius 3 is 2.25 bits per heavy atom. The lowest BCUT2D eigenvalue weighted by atomic mass is 10.2. The van der Waals surface area contributed by atoms with Gasteiger partial charge in [0, 0.05) is 6.08 Å². The van der Waals surface area contributed by atoms with Crippen LogP contribution in [-0.2, 0) is 9.59 Å². The van der Waals surface area contributed by atoms with E-state index < -0.39 is 70.2 Å². The molecule has 0 saturated heterocycles. The van der Waals surface area contributed by atoms with Gasteiger partial charge in [0.2, 0.25) is 11.6 Å². The zero-order chi connectivity index (χ0) is 18.2. The number of carbonyl (C=O) groups excluding carboxylic acids is 2. The van der Waals surface area contributed by atoms with E-state index in [2.05, 4.69) is 0 Å². The standard InChI is InChI=1S/C12H7F4N3O5/c13-6-7(14)9(16)11(19(23)24)10(8(6)15)17-4-3-5(21)18(1-2-20)12(4)22/h3,17,20H,1-2H2. The highest BCUT2D eigenvalue weighted by molar-refractivity contribution is 6.17. The Bertz CT molecular complexity index is 796. The maximum absolute atomic E-state index is 13.8. The fourth-order valence-corrected chi connectivity index (χ4v) is 1.95. The number of benzene rings is 1. The number of halogens is 4. The van der Waals surface area contributed by atoms with Gasteiger partial charge >= 0.3 is 5.69 Å². The van der Waals surface area contributed by atoms with Crippen molar-refractivity contribution in [2.75, 3.05) is 18.5 Å². The van der Waals surface area contributed by atoms with Crippen LogP contribution < -0.4 is 5.32 Å². The number of nitrogens with zero attached hydrogens (tertiary/aromatic N) is 2. The molecule has 0 unspecified atom stereocenters. The number of carbonyl (C=O) groups is 2. The van der Waals surface area contributed by atoms with E-state index in [1.54, 1.807) is 5.32 Å². The van der Waals surface area contributed by atoms with Crippen LogP contribution in [0.5, 0.6) is 0 Å². The van der Waals surface area contributed by atoms with Crippen molar-refractivity contribution in [2.45, 2.75) is 0 Å². The molecule has 0 spiro atoms. The first kappa shape index (κ1) is 17.3. The number of anilines is 1. The number of imide groups is 1. The highest BCUT2D eigenvalue weighted by Crippen LogP contribution is 2.35. The number of nitro groups is 1. The number of nitrogens with one attached hydrogen (secondary N) is 1. The van der Waals surface area contributed by atoms with Gasteiger partial charge < -0.3 is 10.4 Å². The molecule has 0 bridgehead atoms. The van der Waals surface area contributed by atoms with Gasteiger partial charge in [0.05, 0.1) is 18.1 Å². The topological polar surface area (TPSA) is 113 Å². The van der Waals surface area contributed by atoms with E-state index >= 15 is 0 Å². The third kappa shape index (κ3) is 2.67. The van der Waals surface area contributed by atoms with E-state index in [-0.39, 0.29) is 0 Å². The van der Waals surface area contributed by atoms with Crippen LogP contribution in [0.4, 0.5) is 28.9 Å². The Labute approximate surface area is 130 Å². The molecule has 1 heterocycles. The number of β-amino-alcohol motifs (C(OH)–C–C–N with tert-alkyl or cyclic N) is 1. The largest absolute Gasteiger partial charge is 0.395 e. The number of rotatable bonds is 5. The second-order valence-corrected chi connectivity index (χ2v) is 4.44. The van der Waals surface area contributed by atoms with Gasteiger partial charge in [0.25, 0.3) is 11.8 Å². The van der Waals surface area contributed by atoms with E-state index in [9.17, 15) is 37.3 Å². The first-order chi connectivity index (χ1) is 11.2. The summed E-state index contributed by atoms with van der Waals surface area (Å²) in [6, 6.07) is 0. The molecule has 24 heavy (non-hydrogen) atoms. The highest BCUT2D eigenvalue weighted by atomic mass is 19.2. The Morgan fingerprint density at radius 1 is 1.12 bits per heavy atom. The van der Waals surface area contributed by atoms with Crippen LogP contribution in [0.25, 0.3) is 0 Å². The number of aliphatic hydroxyl groups excluding tert-OH is 1. The zero-order valence-electron chi connectivity index (χ0n) is 11.5. The van der Waals surface area contributed by atoms with Gasteiger partial charge in [0.15, 0.2) is 17.3 Å². The minimum Gasteiger partial charge on any atom is -0.395 e. The zero-order valence-corrected chi connectivity index (χ0v) is 11.5. The minimum atomic E-state index is -2.39. The molecule has 1 aromatic carbocycles. The molecule has 128 valence electrons. The van der Waals surface area contributed by atoms with Gasteiger partial charge in [-0.3, -0.25) is 24.6 Å². The molecular formula is C12H7F4N3O5. The molecule has 1 aliphatic rings. The maximum Gasteiger partial charge on any atom is 0.334 e. The molecule has 0 saturated carbocycles. The third-order valence-electron chi connectivity index (χ3n) is 3.02. The fraction of sp³-hybridized carbons (Fsp3) is 0.167. The summed E-state index contributed by atoms with van der Waals surface area (Å²) >= 11 is 0. The predicted octanol–water partition coefficient (Wildman–Crippen LogP) is 0.808. The summed E-state index contributed by atoms with van der Waals surface area (Å²) in [6.07, 6.45) is 0.584. The lowest BCUT2D eigenvalue weighted by molar-refractivity contribution is -0.387. The lowest BCUT2D eigenvalue weighted by Crippen LogP contribution is -2.34. The van der Waals surface area contributed by atoms with Crippen molar-refractivity contribution in [3.8, 4) is 0 Å². The number of hydrogen-bond acceptors (Lipinski definition) is 6. The summed E-state index contributed by atoms with van der Waals surface area (Å²) in [6.45, 7) is -1.01. The molecule has 12 heteroatoms. The monoisotopic (exact) mass is 349 g/mol. The molecule has 2 rings (SSSR count). The molecule has 0 fully saturated rings. The average Bonchev–Trinajstić information content (AvgIpc) is 2.78. The van der Waals surface area contributed by atoms with Gasteiger partial charge in [0.1, 0.15) is 5.70 Å². The number of hydrogen-bond donors (Lipinski definition) is 2. The van der Waals surface area contributed by atoms with Crippen molar-refractivity contribution in [2.24, 2.45) is 0 Å². The number of amides is 2. The molecule has 0 aliphatic carbocycles. The first-order valence-electron chi connectivity index (χ1n) is 6.16. The Morgan fingerprint density at radius 2 is 1.71 bits per heavy atom. The van der Waals surface area contributed by atoms with Crippen LogP contribution >= 0.6 is 0 Å². The van der Waals surface area contributed by atoms with Gasteiger partial charge in [-0.25, -0.2) is 13.2 Å². The maximum atomic E-state index is 13.8. The van der Waals surface area contributed by atoms with Crippen molar-refractivity contribution >= 4 is 23.2 Å². The summed E-state index contributed by atoms with van der Waals surface area (Å²) < 4.78 is 53.7. The van der Waals surface area contributed by atoms with Crippen molar-refractivity contribution in [3.05, 3.63) is 45.2 Å². The third-order valence-corrected chi connectivity index (χ3v) is 3.02.